The number of carbonyl (C=O) groups excluding carboxylic acids is 2. The molecule has 1 N–H and O–H groups in total. The molecule has 8 nitrogen and oxygen atoms in total. The van der Waals surface area contributed by atoms with E-state index in [0.29, 0.717) is 42.5 Å². The van der Waals surface area contributed by atoms with Crippen LogP contribution in [0.4, 0.5) is 4.39 Å². The summed E-state index contributed by atoms with van der Waals surface area (Å²) in [5, 5.41) is 2.99. The quantitative estimate of drug-likeness (QED) is 0.593. The molecule has 174 valence electrons. The molecule has 33 heavy (non-hydrogen) atoms. The number of pyridine rings is 1. The summed E-state index contributed by atoms with van der Waals surface area (Å²) in [5.41, 5.74) is 2.20. The Morgan fingerprint density at radius 1 is 1.33 bits per heavy atom. The van der Waals surface area contributed by atoms with Crippen LogP contribution in [0.1, 0.15) is 16.1 Å². The average Bonchev–Trinajstić information content (AvgIpc) is 3.15. The number of amides is 2. The molecule has 3 heterocycles. The maximum Gasteiger partial charge on any atom is 0.251 e. The number of rotatable bonds is 6. The highest BCUT2D eigenvalue weighted by atomic mass is 35.5. The van der Waals surface area contributed by atoms with Crippen LogP contribution < -0.4 is 5.32 Å². The zero-order chi connectivity index (χ0) is 23.5. The Morgan fingerprint density at radius 3 is 2.88 bits per heavy atom. The van der Waals surface area contributed by atoms with Crippen molar-refractivity contribution < 1.29 is 23.5 Å². The third-order valence-electron chi connectivity index (χ3n) is 5.58. The standard InChI is InChI=1S/C23H24ClFN4O4/c1-26-23(31)14-3-4-17(18(25)9-14)22-19(29-6-5-15(24)10-20(29)27-22)11-16-12-28(7-8-33-16)21(30)13-32-2/h3-6,9-10,16H,7-8,11-13H2,1-2H3,(H,26,31)/t16-/m0/s1. The number of hydrogen-bond acceptors (Lipinski definition) is 5. The average molecular weight is 475 g/mol. The maximum absolute atomic E-state index is 15.1. The summed E-state index contributed by atoms with van der Waals surface area (Å²) in [6, 6.07) is 7.71. The SMILES string of the molecule is CNC(=O)c1ccc(-c2nc3cc(Cl)ccn3c2C[C@H]2CN(C(=O)COC)CCO2)c(F)c1. The van der Waals surface area contributed by atoms with Gasteiger partial charge in [0.05, 0.1) is 24.1 Å². The Balaban J connectivity index is 1.71. The lowest BCUT2D eigenvalue weighted by Crippen LogP contribution is -2.47. The first-order valence-electron chi connectivity index (χ1n) is 10.5. The number of hydrogen-bond donors (Lipinski definition) is 1. The van der Waals surface area contributed by atoms with Crippen LogP contribution in [0.2, 0.25) is 5.02 Å². The van der Waals surface area contributed by atoms with Crippen LogP contribution in [-0.2, 0) is 20.7 Å². The number of aromatic nitrogens is 2. The van der Waals surface area contributed by atoms with Gasteiger partial charge in [0, 0.05) is 62.1 Å². The van der Waals surface area contributed by atoms with Crippen molar-refractivity contribution in [3.8, 4) is 11.3 Å². The molecule has 3 aromatic rings. The normalized spacial score (nSPS) is 16.2. The summed E-state index contributed by atoms with van der Waals surface area (Å²) in [7, 11) is 2.97. The lowest BCUT2D eigenvalue weighted by atomic mass is 10.0. The van der Waals surface area contributed by atoms with E-state index in [1.165, 1.54) is 20.2 Å². The number of nitrogens with one attached hydrogen (secondary N) is 1. The van der Waals surface area contributed by atoms with Crippen LogP contribution in [0.15, 0.2) is 36.5 Å². The predicted octanol–water partition coefficient (Wildman–Crippen LogP) is 2.57. The van der Waals surface area contributed by atoms with Gasteiger partial charge < -0.3 is 24.1 Å². The highest BCUT2D eigenvalue weighted by Crippen LogP contribution is 2.30. The molecule has 1 aromatic carbocycles. The molecule has 0 aliphatic carbocycles. The topological polar surface area (TPSA) is 85.2 Å². The highest BCUT2D eigenvalue weighted by molar-refractivity contribution is 6.30. The summed E-state index contributed by atoms with van der Waals surface area (Å²) in [5.74, 6) is -1.04. The first-order valence-corrected chi connectivity index (χ1v) is 10.9. The van der Waals surface area contributed by atoms with Gasteiger partial charge in [-0.1, -0.05) is 11.6 Å². The van der Waals surface area contributed by atoms with Gasteiger partial charge in [0.15, 0.2) is 0 Å². The predicted molar refractivity (Wildman–Crippen MR) is 121 cm³/mol. The summed E-state index contributed by atoms with van der Waals surface area (Å²) >= 11 is 6.15. The molecule has 4 rings (SSSR count). The van der Waals surface area contributed by atoms with E-state index in [4.69, 9.17) is 21.1 Å². The Labute approximate surface area is 195 Å². The smallest absolute Gasteiger partial charge is 0.251 e. The highest BCUT2D eigenvalue weighted by Gasteiger charge is 2.27. The van der Waals surface area contributed by atoms with Crippen molar-refractivity contribution in [3.63, 3.8) is 0 Å². The summed E-state index contributed by atoms with van der Waals surface area (Å²) in [4.78, 5) is 30.5. The molecule has 0 saturated carbocycles. The minimum Gasteiger partial charge on any atom is -0.375 e. The van der Waals surface area contributed by atoms with E-state index < -0.39 is 5.82 Å². The zero-order valence-electron chi connectivity index (χ0n) is 18.3. The molecule has 1 aliphatic heterocycles. The number of imidazole rings is 1. The number of nitrogens with zero attached hydrogens (tertiary/aromatic N) is 3. The van der Waals surface area contributed by atoms with Gasteiger partial charge in [-0.2, -0.15) is 0 Å². The van der Waals surface area contributed by atoms with Gasteiger partial charge in [0.1, 0.15) is 18.1 Å². The molecule has 0 radical (unpaired) electrons. The Morgan fingerprint density at radius 2 is 2.15 bits per heavy atom. The van der Waals surface area contributed by atoms with Gasteiger partial charge in [-0.05, 0) is 24.3 Å². The number of morpholine rings is 1. The molecule has 1 aliphatic rings. The number of methoxy groups -OCH3 is 1. The van der Waals surface area contributed by atoms with Gasteiger partial charge in [-0.25, -0.2) is 9.37 Å². The number of carbonyl (C=O) groups is 2. The van der Waals surface area contributed by atoms with Crippen molar-refractivity contribution in [2.75, 3.05) is 40.5 Å². The Kier molecular flexibility index (Phi) is 6.92. The number of fused-ring (bicyclic) bond motifs is 1. The lowest BCUT2D eigenvalue weighted by molar-refractivity contribution is -0.142. The van der Waals surface area contributed by atoms with Gasteiger partial charge in [0.25, 0.3) is 5.91 Å². The maximum atomic E-state index is 15.1. The van der Waals surface area contributed by atoms with E-state index in [-0.39, 0.29) is 35.7 Å². The largest absolute Gasteiger partial charge is 0.375 e. The molecule has 0 unspecified atom stereocenters. The van der Waals surface area contributed by atoms with Gasteiger partial charge in [-0.3, -0.25) is 9.59 Å². The van der Waals surface area contributed by atoms with Crippen LogP contribution in [-0.4, -0.2) is 72.7 Å². The minimum atomic E-state index is -0.562. The molecule has 0 spiro atoms. The van der Waals surface area contributed by atoms with Crippen molar-refractivity contribution in [2.24, 2.45) is 0 Å². The molecule has 1 fully saturated rings. The minimum absolute atomic E-state index is 0.00891. The third kappa shape index (κ3) is 4.85. The lowest BCUT2D eigenvalue weighted by Gasteiger charge is -2.33. The van der Waals surface area contributed by atoms with Gasteiger partial charge >= 0.3 is 0 Å². The van der Waals surface area contributed by atoms with Crippen molar-refractivity contribution in [2.45, 2.75) is 12.5 Å². The fourth-order valence-corrected chi connectivity index (χ4v) is 4.13. The Hall–Kier alpha value is -3.01. The second-order valence-corrected chi connectivity index (χ2v) is 8.16. The number of ether oxygens (including phenoxy) is 2. The Bertz CT molecular complexity index is 1200. The number of halogens is 2. The number of benzene rings is 1. The fourth-order valence-electron chi connectivity index (χ4n) is 3.97. The van der Waals surface area contributed by atoms with Crippen molar-refractivity contribution in [1.29, 1.82) is 0 Å². The third-order valence-corrected chi connectivity index (χ3v) is 5.82. The monoisotopic (exact) mass is 474 g/mol. The van der Waals surface area contributed by atoms with Crippen molar-refractivity contribution in [1.82, 2.24) is 19.6 Å². The van der Waals surface area contributed by atoms with E-state index in [2.05, 4.69) is 10.3 Å². The molecule has 2 aromatic heterocycles. The summed E-state index contributed by atoms with van der Waals surface area (Å²) < 4.78 is 27.8. The second-order valence-electron chi connectivity index (χ2n) is 7.72. The fraction of sp³-hybridized carbons (Fsp3) is 0.348. The van der Waals surface area contributed by atoms with E-state index in [9.17, 15) is 9.59 Å². The molecule has 10 heteroatoms. The van der Waals surface area contributed by atoms with Crippen LogP contribution in [0, 0.1) is 5.82 Å². The van der Waals surface area contributed by atoms with E-state index in [1.807, 2.05) is 4.40 Å². The van der Waals surface area contributed by atoms with E-state index >= 15 is 4.39 Å². The first kappa shape index (κ1) is 23.2. The molecule has 2 amide bonds. The van der Waals surface area contributed by atoms with Gasteiger partial charge in [-0.15, -0.1) is 0 Å². The zero-order valence-corrected chi connectivity index (χ0v) is 19.1. The molecule has 1 atom stereocenters. The van der Waals surface area contributed by atoms with Crippen LogP contribution in [0.25, 0.3) is 16.9 Å². The molecular formula is C23H24ClFN4O4. The molecule has 1 saturated heterocycles. The molecule has 0 bridgehead atoms. The van der Waals surface area contributed by atoms with Crippen molar-refractivity contribution >= 4 is 29.1 Å². The van der Waals surface area contributed by atoms with E-state index in [1.54, 1.807) is 35.4 Å². The first-order chi connectivity index (χ1) is 15.9. The van der Waals surface area contributed by atoms with Crippen LogP contribution in [0.3, 0.4) is 0 Å². The van der Waals surface area contributed by atoms with Crippen molar-refractivity contribution in [3.05, 3.63) is 58.6 Å². The van der Waals surface area contributed by atoms with Crippen LogP contribution in [0.5, 0.6) is 0 Å². The van der Waals surface area contributed by atoms with Gasteiger partial charge in [0.2, 0.25) is 5.91 Å². The summed E-state index contributed by atoms with van der Waals surface area (Å²) in [6.45, 7) is 1.28. The summed E-state index contributed by atoms with van der Waals surface area (Å²) in [6.07, 6.45) is 1.87. The van der Waals surface area contributed by atoms with E-state index in [0.717, 1.165) is 5.69 Å². The second kappa shape index (κ2) is 9.86. The molecular weight excluding hydrogens is 451 g/mol. The van der Waals surface area contributed by atoms with Crippen LogP contribution >= 0.6 is 11.6 Å².